The second-order valence-electron chi connectivity index (χ2n) is 4.50. The predicted molar refractivity (Wildman–Crippen MR) is 79.3 cm³/mol. The molecule has 6 nitrogen and oxygen atoms in total. The molecule has 2 rings (SSSR count). The summed E-state index contributed by atoms with van der Waals surface area (Å²) in [5.41, 5.74) is 0.153. The molecule has 0 saturated carbocycles. The summed E-state index contributed by atoms with van der Waals surface area (Å²) < 4.78 is 13.1. The molecule has 112 valence electrons. The van der Waals surface area contributed by atoms with Gasteiger partial charge >= 0.3 is 5.69 Å². The van der Waals surface area contributed by atoms with E-state index in [1.807, 2.05) is 6.92 Å². The first-order valence-electron chi connectivity index (χ1n) is 6.62. The van der Waals surface area contributed by atoms with Crippen LogP contribution >= 0.6 is 0 Å². The molecule has 21 heavy (non-hydrogen) atoms. The number of methoxy groups -OCH3 is 2. The highest BCUT2D eigenvalue weighted by molar-refractivity contribution is 5.42. The van der Waals surface area contributed by atoms with Crippen LogP contribution in [0.2, 0.25) is 0 Å². The van der Waals surface area contributed by atoms with Crippen molar-refractivity contribution in [3.05, 3.63) is 56.9 Å². The van der Waals surface area contributed by atoms with E-state index in [0.717, 1.165) is 5.56 Å². The summed E-state index contributed by atoms with van der Waals surface area (Å²) in [5, 5.41) is 0. The fourth-order valence-electron chi connectivity index (χ4n) is 2.10. The van der Waals surface area contributed by atoms with Crippen LogP contribution in [0.3, 0.4) is 0 Å². The Balaban J connectivity index is 2.43. The zero-order valence-electron chi connectivity index (χ0n) is 12.3. The number of nitrogens with zero attached hydrogens (tertiary/aromatic N) is 2. The van der Waals surface area contributed by atoms with Gasteiger partial charge in [0, 0.05) is 18.8 Å². The van der Waals surface area contributed by atoms with Crippen molar-refractivity contribution in [2.75, 3.05) is 14.2 Å². The first-order chi connectivity index (χ1) is 10.1. The molecule has 0 aliphatic rings. The van der Waals surface area contributed by atoms with Gasteiger partial charge in [-0.25, -0.2) is 4.79 Å². The fourth-order valence-corrected chi connectivity index (χ4v) is 2.10. The molecule has 0 bridgehead atoms. The minimum Gasteiger partial charge on any atom is -0.493 e. The van der Waals surface area contributed by atoms with Crippen LogP contribution in [-0.2, 0) is 13.1 Å². The Kier molecular flexibility index (Phi) is 4.47. The predicted octanol–water partition coefficient (Wildman–Crippen LogP) is 1.10. The third kappa shape index (κ3) is 2.99. The maximum atomic E-state index is 12.2. The van der Waals surface area contributed by atoms with Crippen LogP contribution in [0.15, 0.2) is 40.1 Å². The van der Waals surface area contributed by atoms with Crippen molar-refractivity contribution in [3.8, 4) is 11.5 Å². The highest BCUT2D eigenvalue weighted by Gasteiger charge is 2.08. The van der Waals surface area contributed by atoms with Crippen molar-refractivity contribution in [2.24, 2.45) is 0 Å². The van der Waals surface area contributed by atoms with Crippen LogP contribution in [0, 0.1) is 0 Å². The van der Waals surface area contributed by atoms with Gasteiger partial charge in [0.2, 0.25) is 0 Å². The van der Waals surface area contributed by atoms with Gasteiger partial charge in [-0.15, -0.1) is 0 Å². The molecule has 0 amide bonds. The first kappa shape index (κ1) is 14.9. The molecule has 1 aromatic heterocycles. The van der Waals surface area contributed by atoms with E-state index in [1.54, 1.807) is 32.4 Å². The molecule has 2 aromatic rings. The average Bonchev–Trinajstić information content (AvgIpc) is 2.51. The topological polar surface area (TPSA) is 62.5 Å². The van der Waals surface area contributed by atoms with Crippen molar-refractivity contribution in [1.29, 1.82) is 0 Å². The lowest BCUT2D eigenvalue weighted by Gasteiger charge is -2.11. The Morgan fingerprint density at radius 2 is 1.76 bits per heavy atom. The second-order valence-corrected chi connectivity index (χ2v) is 4.50. The summed E-state index contributed by atoms with van der Waals surface area (Å²) in [4.78, 5) is 24.1. The van der Waals surface area contributed by atoms with E-state index in [4.69, 9.17) is 9.47 Å². The van der Waals surface area contributed by atoms with Gasteiger partial charge in [0.15, 0.2) is 11.5 Å². The van der Waals surface area contributed by atoms with Crippen molar-refractivity contribution in [2.45, 2.75) is 20.0 Å². The van der Waals surface area contributed by atoms with Gasteiger partial charge in [-0.1, -0.05) is 6.07 Å². The summed E-state index contributed by atoms with van der Waals surface area (Å²) in [6.45, 7) is 2.57. The number of hydrogen-bond donors (Lipinski definition) is 0. The molecular formula is C15H18N2O4. The lowest BCUT2D eigenvalue weighted by atomic mass is 10.2. The standard InChI is InChI=1S/C15H18N2O4/c1-4-16-8-7-14(18)17(15(16)19)10-11-5-6-12(20-2)13(9-11)21-3/h5-9H,4,10H2,1-3H3. The summed E-state index contributed by atoms with van der Waals surface area (Å²) in [6.07, 6.45) is 1.51. The number of benzene rings is 1. The smallest absolute Gasteiger partial charge is 0.331 e. The van der Waals surface area contributed by atoms with Crippen LogP contribution in [0.5, 0.6) is 11.5 Å². The van der Waals surface area contributed by atoms with Gasteiger partial charge in [-0.05, 0) is 24.6 Å². The SMILES string of the molecule is CCn1ccc(=O)n(Cc2ccc(OC)c(OC)c2)c1=O. The molecule has 0 spiro atoms. The molecule has 1 heterocycles. The largest absolute Gasteiger partial charge is 0.493 e. The first-order valence-corrected chi connectivity index (χ1v) is 6.62. The average molecular weight is 290 g/mol. The van der Waals surface area contributed by atoms with Gasteiger partial charge in [-0.3, -0.25) is 9.36 Å². The van der Waals surface area contributed by atoms with Gasteiger partial charge in [-0.2, -0.15) is 0 Å². The molecule has 0 aliphatic carbocycles. The quantitative estimate of drug-likeness (QED) is 0.827. The minimum absolute atomic E-state index is 0.193. The normalized spacial score (nSPS) is 10.4. The van der Waals surface area contributed by atoms with Gasteiger partial charge in [0.1, 0.15) is 0 Å². The monoisotopic (exact) mass is 290 g/mol. The lowest BCUT2D eigenvalue weighted by molar-refractivity contribution is 0.354. The number of hydrogen-bond acceptors (Lipinski definition) is 4. The molecular weight excluding hydrogens is 272 g/mol. The van der Waals surface area contributed by atoms with E-state index in [-0.39, 0.29) is 17.8 Å². The zero-order chi connectivity index (χ0) is 15.4. The van der Waals surface area contributed by atoms with Crippen molar-refractivity contribution in [3.63, 3.8) is 0 Å². The Morgan fingerprint density at radius 3 is 2.38 bits per heavy atom. The third-order valence-corrected chi connectivity index (χ3v) is 3.27. The minimum atomic E-state index is -0.320. The zero-order valence-corrected chi connectivity index (χ0v) is 12.3. The molecule has 0 fully saturated rings. The number of aryl methyl sites for hydroxylation is 1. The van der Waals surface area contributed by atoms with E-state index in [9.17, 15) is 9.59 Å². The van der Waals surface area contributed by atoms with E-state index in [0.29, 0.717) is 18.0 Å². The van der Waals surface area contributed by atoms with Crippen LogP contribution in [-0.4, -0.2) is 23.4 Å². The van der Waals surface area contributed by atoms with E-state index >= 15 is 0 Å². The van der Waals surface area contributed by atoms with E-state index < -0.39 is 0 Å². The third-order valence-electron chi connectivity index (χ3n) is 3.27. The molecule has 0 atom stereocenters. The molecule has 0 saturated heterocycles. The van der Waals surface area contributed by atoms with Crippen LogP contribution in [0.4, 0.5) is 0 Å². The summed E-state index contributed by atoms with van der Waals surface area (Å²) in [5.74, 6) is 1.17. The lowest BCUT2D eigenvalue weighted by Crippen LogP contribution is -2.38. The molecule has 0 aliphatic heterocycles. The van der Waals surface area contributed by atoms with Crippen LogP contribution < -0.4 is 20.7 Å². The number of aromatic nitrogens is 2. The Hall–Kier alpha value is -2.50. The second kappa shape index (κ2) is 6.30. The molecule has 0 radical (unpaired) electrons. The highest BCUT2D eigenvalue weighted by Crippen LogP contribution is 2.27. The summed E-state index contributed by atoms with van der Waals surface area (Å²) in [7, 11) is 3.10. The van der Waals surface area contributed by atoms with Crippen molar-refractivity contribution < 1.29 is 9.47 Å². The molecule has 0 unspecified atom stereocenters. The van der Waals surface area contributed by atoms with Crippen LogP contribution in [0.25, 0.3) is 0 Å². The maximum Gasteiger partial charge on any atom is 0.331 e. The Bertz CT molecular complexity index is 746. The molecule has 6 heteroatoms. The van der Waals surface area contributed by atoms with Crippen molar-refractivity contribution >= 4 is 0 Å². The van der Waals surface area contributed by atoms with Crippen LogP contribution in [0.1, 0.15) is 12.5 Å². The maximum absolute atomic E-state index is 12.2. The summed E-state index contributed by atoms with van der Waals surface area (Å²) >= 11 is 0. The number of ether oxygens (including phenoxy) is 2. The Labute approximate surface area is 122 Å². The summed E-state index contributed by atoms with van der Waals surface area (Å²) in [6, 6.07) is 6.71. The van der Waals surface area contributed by atoms with Gasteiger partial charge in [0.05, 0.1) is 20.8 Å². The number of rotatable bonds is 5. The van der Waals surface area contributed by atoms with E-state index in [1.165, 1.54) is 21.4 Å². The van der Waals surface area contributed by atoms with Gasteiger partial charge < -0.3 is 14.0 Å². The fraction of sp³-hybridized carbons (Fsp3) is 0.333. The molecule has 0 N–H and O–H groups in total. The van der Waals surface area contributed by atoms with E-state index in [2.05, 4.69) is 0 Å². The molecule has 1 aromatic carbocycles. The Morgan fingerprint density at radius 1 is 1.05 bits per heavy atom. The van der Waals surface area contributed by atoms with Crippen molar-refractivity contribution in [1.82, 2.24) is 9.13 Å². The van der Waals surface area contributed by atoms with Gasteiger partial charge in [0.25, 0.3) is 5.56 Å². The highest BCUT2D eigenvalue weighted by atomic mass is 16.5.